The zero-order chi connectivity index (χ0) is 7.78. The first-order valence-electron chi connectivity index (χ1n) is 3.18. The Morgan fingerprint density at radius 1 is 1.50 bits per heavy atom. The molecule has 4 nitrogen and oxygen atoms in total. The fraction of sp³-hybridized carbons (Fsp3) is 0.667. The molecular weight excluding hydrogens is 128 g/mol. The van der Waals surface area contributed by atoms with Crippen LogP contribution in [0.2, 0.25) is 0 Å². The number of amidine groups is 1. The minimum Gasteiger partial charge on any atom is -0.368 e. The van der Waals surface area contributed by atoms with Crippen molar-refractivity contribution in [3.8, 4) is 0 Å². The third-order valence-electron chi connectivity index (χ3n) is 1.16. The maximum atomic E-state index is 5.42. The molecule has 0 fully saturated rings. The number of aliphatic imine (C=N–C) groups is 2. The highest BCUT2D eigenvalue weighted by atomic mass is 15.3. The van der Waals surface area contributed by atoms with Crippen LogP contribution in [-0.2, 0) is 0 Å². The van der Waals surface area contributed by atoms with E-state index in [0.717, 1.165) is 5.84 Å². The standard InChI is InChI=1S/C6H12N4/c1-4-8-5(7)10-6(2,3)9-4/h1-3H3,(H3,7,8,9,10). The van der Waals surface area contributed by atoms with Gasteiger partial charge in [-0.2, -0.15) is 0 Å². The van der Waals surface area contributed by atoms with Gasteiger partial charge in [0.1, 0.15) is 11.5 Å². The van der Waals surface area contributed by atoms with E-state index in [1.54, 1.807) is 0 Å². The number of guanidine groups is 1. The summed E-state index contributed by atoms with van der Waals surface area (Å²) >= 11 is 0. The van der Waals surface area contributed by atoms with Gasteiger partial charge in [0, 0.05) is 0 Å². The molecule has 1 rings (SSSR count). The number of hydrogen-bond donors (Lipinski definition) is 2. The summed E-state index contributed by atoms with van der Waals surface area (Å²) in [6.45, 7) is 5.75. The maximum absolute atomic E-state index is 5.42. The summed E-state index contributed by atoms with van der Waals surface area (Å²) in [5, 5.41) is 3.07. The number of hydrogen-bond acceptors (Lipinski definition) is 4. The molecule has 0 bridgehead atoms. The summed E-state index contributed by atoms with van der Waals surface area (Å²) in [6, 6.07) is 0. The molecule has 0 amide bonds. The van der Waals surface area contributed by atoms with Gasteiger partial charge in [0.25, 0.3) is 0 Å². The second kappa shape index (κ2) is 1.97. The van der Waals surface area contributed by atoms with E-state index < -0.39 is 0 Å². The van der Waals surface area contributed by atoms with E-state index in [-0.39, 0.29) is 5.66 Å². The molecule has 0 aromatic heterocycles. The lowest BCUT2D eigenvalue weighted by Gasteiger charge is -2.25. The molecule has 0 unspecified atom stereocenters. The molecule has 0 aromatic rings. The molecule has 0 atom stereocenters. The van der Waals surface area contributed by atoms with Crippen molar-refractivity contribution in [2.45, 2.75) is 26.4 Å². The average Bonchev–Trinajstić information content (AvgIpc) is 1.54. The van der Waals surface area contributed by atoms with Crippen molar-refractivity contribution in [2.24, 2.45) is 15.7 Å². The molecule has 4 heteroatoms. The summed E-state index contributed by atoms with van der Waals surface area (Å²) < 4.78 is 0. The SMILES string of the molecule is CC1=NC(N)=NC(C)(C)N1. The Bertz CT molecular complexity index is 202. The lowest BCUT2D eigenvalue weighted by molar-refractivity contribution is 0.478. The lowest BCUT2D eigenvalue weighted by Crippen LogP contribution is -2.45. The summed E-state index contributed by atoms with van der Waals surface area (Å²) in [7, 11) is 0. The van der Waals surface area contributed by atoms with Crippen molar-refractivity contribution in [1.82, 2.24) is 5.32 Å². The average molecular weight is 140 g/mol. The Labute approximate surface area is 60.2 Å². The number of nitrogens with zero attached hydrogens (tertiary/aromatic N) is 2. The Hall–Kier alpha value is -1.06. The van der Waals surface area contributed by atoms with Crippen LogP contribution in [0.25, 0.3) is 0 Å². The van der Waals surface area contributed by atoms with Crippen LogP contribution in [0.1, 0.15) is 20.8 Å². The molecule has 10 heavy (non-hydrogen) atoms. The van der Waals surface area contributed by atoms with Gasteiger partial charge in [-0.1, -0.05) is 0 Å². The molecule has 0 saturated heterocycles. The van der Waals surface area contributed by atoms with E-state index in [4.69, 9.17) is 5.73 Å². The van der Waals surface area contributed by atoms with Crippen molar-refractivity contribution in [2.75, 3.05) is 0 Å². The van der Waals surface area contributed by atoms with Gasteiger partial charge in [0.15, 0.2) is 0 Å². The van der Waals surface area contributed by atoms with Gasteiger partial charge < -0.3 is 11.1 Å². The van der Waals surface area contributed by atoms with Crippen LogP contribution in [0, 0.1) is 0 Å². The van der Waals surface area contributed by atoms with Crippen LogP contribution in [-0.4, -0.2) is 17.5 Å². The van der Waals surface area contributed by atoms with Crippen LogP contribution in [0.5, 0.6) is 0 Å². The maximum Gasteiger partial charge on any atom is 0.219 e. The molecule has 1 aliphatic rings. The van der Waals surface area contributed by atoms with Crippen LogP contribution < -0.4 is 11.1 Å². The quantitative estimate of drug-likeness (QED) is 0.499. The summed E-state index contributed by atoms with van der Waals surface area (Å²) in [5.41, 5.74) is 5.13. The smallest absolute Gasteiger partial charge is 0.219 e. The van der Waals surface area contributed by atoms with E-state index in [2.05, 4.69) is 15.3 Å². The fourth-order valence-corrected chi connectivity index (χ4v) is 0.982. The third-order valence-corrected chi connectivity index (χ3v) is 1.16. The number of nitrogens with two attached hydrogens (primary N) is 1. The molecule has 0 spiro atoms. The van der Waals surface area contributed by atoms with Gasteiger partial charge in [0.2, 0.25) is 5.96 Å². The van der Waals surface area contributed by atoms with Crippen molar-refractivity contribution in [3.63, 3.8) is 0 Å². The van der Waals surface area contributed by atoms with E-state index in [1.165, 1.54) is 0 Å². The van der Waals surface area contributed by atoms with E-state index in [9.17, 15) is 0 Å². The first-order valence-corrected chi connectivity index (χ1v) is 3.18. The minimum atomic E-state index is -0.296. The molecular formula is C6H12N4. The molecule has 1 heterocycles. The lowest BCUT2D eigenvalue weighted by atomic mass is 10.2. The normalized spacial score (nSPS) is 22.7. The van der Waals surface area contributed by atoms with Gasteiger partial charge in [-0.15, -0.1) is 0 Å². The van der Waals surface area contributed by atoms with Crippen LogP contribution in [0.4, 0.5) is 0 Å². The molecule has 0 radical (unpaired) electrons. The minimum absolute atomic E-state index is 0.296. The van der Waals surface area contributed by atoms with Crippen molar-refractivity contribution in [1.29, 1.82) is 0 Å². The zero-order valence-electron chi connectivity index (χ0n) is 6.47. The van der Waals surface area contributed by atoms with Crippen molar-refractivity contribution >= 4 is 11.8 Å². The monoisotopic (exact) mass is 140 g/mol. The summed E-state index contributed by atoms with van der Waals surface area (Å²) in [6.07, 6.45) is 0. The first-order chi connectivity index (χ1) is 4.49. The van der Waals surface area contributed by atoms with E-state index in [0.29, 0.717) is 5.96 Å². The topological polar surface area (TPSA) is 62.8 Å². The second-order valence-corrected chi connectivity index (χ2v) is 2.85. The molecule has 0 aliphatic carbocycles. The predicted molar refractivity (Wildman–Crippen MR) is 41.9 cm³/mol. The second-order valence-electron chi connectivity index (χ2n) is 2.85. The molecule has 1 aliphatic heterocycles. The third kappa shape index (κ3) is 1.46. The largest absolute Gasteiger partial charge is 0.368 e. The summed E-state index contributed by atoms with van der Waals surface area (Å²) in [4.78, 5) is 7.97. The highest BCUT2D eigenvalue weighted by molar-refractivity contribution is 5.96. The van der Waals surface area contributed by atoms with Gasteiger partial charge in [-0.05, 0) is 20.8 Å². The summed E-state index contributed by atoms with van der Waals surface area (Å²) in [5.74, 6) is 1.17. The molecule has 3 N–H and O–H groups in total. The van der Waals surface area contributed by atoms with E-state index in [1.807, 2.05) is 20.8 Å². The Balaban J connectivity index is 2.88. The van der Waals surface area contributed by atoms with Gasteiger partial charge >= 0.3 is 0 Å². The highest BCUT2D eigenvalue weighted by Crippen LogP contribution is 2.07. The van der Waals surface area contributed by atoms with Crippen molar-refractivity contribution in [3.05, 3.63) is 0 Å². The van der Waals surface area contributed by atoms with Gasteiger partial charge in [-0.25, -0.2) is 9.98 Å². The van der Waals surface area contributed by atoms with Crippen LogP contribution >= 0.6 is 0 Å². The van der Waals surface area contributed by atoms with Gasteiger partial charge in [-0.3, -0.25) is 0 Å². The van der Waals surface area contributed by atoms with Gasteiger partial charge in [0.05, 0.1) is 0 Å². The van der Waals surface area contributed by atoms with Crippen LogP contribution in [0.15, 0.2) is 9.98 Å². The number of nitrogens with one attached hydrogen (secondary N) is 1. The zero-order valence-corrected chi connectivity index (χ0v) is 6.47. The molecule has 0 aromatic carbocycles. The first kappa shape index (κ1) is 7.05. The Morgan fingerprint density at radius 3 is 2.50 bits per heavy atom. The number of rotatable bonds is 0. The fourth-order valence-electron chi connectivity index (χ4n) is 0.982. The predicted octanol–water partition coefficient (Wildman–Crippen LogP) is 0.0588. The highest BCUT2D eigenvalue weighted by Gasteiger charge is 2.19. The Morgan fingerprint density at radius 2 is 2.10 bits per heavy atom. The Kier molecular flexibility index (Phi) is 1.39. The van der Waals surface area contributed by atoms with E-state index >= 15 is 0 Å². The van der Waals surface area contributed by atoms with Crippen molar-refractivity contribution < 1.29 is 0 Å². The molecule has 56 valence electrons. The van der Waals surface area contributed by atoms with Crippen LogP contribution in [0.3, 0.4) is 0 Å². The molecule has 0 saturated carbocycles.